The number of hydrogen-bond donors (Lipinski definition) is 2. The summed E-state index contributed by atoms with van der Waals surface area (Å²) in [5.41, 5.74) is 2.89. The van der Waals surface area contributed by atoms with Crippen molar-refractivity contribution in [3.63, 3.8) is 0 Å². The van der Waals surface area contributed by atoms with Crippen LogP contribution in [0.25, 0.3) is 0 Å². The smallest absolute Gasteiger partial charge is 0.139 e. The van der Waals surface area contributed by atoms with E-state index in [2.05, 4.69) is 5.32 Å². The number of aromatic hydroxyl groups is 1. The van der Waals surface area contributed by atoms with Gasteiger partial charge >= 0.3 is 0 Å². The second kappa shape index (κ2) is 2.56. The standard InChI is InChI=1S/C9H10ClNO/c1-5-4-7-6(2-3-11-7)9(12)8(5)10/h4,11-12H,2-3H2,1H3. The Labute approximate surface area is 76.2 Å². The number of rotatable bonds is 0. The van der Waals surface area contributed by atoms with Crippen LogP contribution in [0.2, 0.25) is 5.02 Å². The average Bonchev–Trinajstić information content (AvgIpc) is 2.48. The Morgan fingerprint density at radius 1 is 1.58 bits per heavy atom. The molecule has 1 aliphatic heterocycles. The second-order valence-electron chi connectivity index (χ2n) is 3.06. The first-order chi connectivity index (χ1) is 5.70. The van der Waals surface area contributed by atoms with Crippen LogP contribution in [0, 0.1) is 6.92 Å². The summed E-state index contributed by atoms with van der Waals surface area (Å²) in [4.78, 5) is 0. The molecule has 64 valence electrons. The molecular weight excluding hydrogens is 174 g/mol. The van der Waals surface area contributed by atoms with E-state index in [0.29, 0.717) is 5.02 Å². The normalized spacial score (nSPS) is 14.2. The summed E-state index contributed by atoms with van der Waals surface area (Å²) in [6.45, 7) is 2.78. The number of halogens is 1. The van der Waals surface area contributed by atoms with Gasteiger partial charge in [-0.05, 0) is 25.0 Å². The van der Waals surface area contributed by atoms with Crippen LogP contribution in [0.4, 0.5) is 5.69 Å². The average molecular weight is 184 g/mol. The summed E-state index contributed by atoms with van der Waals surface area (Å²) in [7, 11) is 0. The van der Waals surface area contributed by atoms with Gasteiger partial charge in [-0.25, -0.2) is 0 Å². The minimum atomic E-state index is 0.247. The molecule has 0 spiro atoms. The van der Waals surface area contributed by atoms with Crippen LogP contribution in [0.5, 0.6) is 5.75 Å². The van der Waals surface area contributed by atoms with Gasteiger partial charge in [-0.15, -0.1) is 0 Å². The van der Waals surface area contributed by atoms with Gasteiger partial charge in [0.1, 0.15) is 5.75 Å². The summed E-state index contributed by atoms with van der Waals surface area (Å²) in [5.74, 6) is 0.247. The number of benzene rings is 1. The van der Waals surface area contributed by atoms with Crippen LogP contribution < -0.4 is 5.32 Å². The largest absolute Gasteiger partial charge is 0.506 e. The van der Waals surface area contributed by atoms with Crippen molar-refractivity contribution in [2.24, 2.45) is 0 Å². The van der Waals surface area contributed by atoms with Crippen molar-refractivity contribution < 1.29 is 5.11 Å². The first kappa shape index (κ1) is 7.74. The zero-order chi connectivity index (χ0) is 8.72. The Morgan fingerprint density at radius 3 is 3.08 bits per heavy atom. The fourth-order valence-corrected chi connectivity index (χ4v) is 1.72. The Morgan fingerprint density at radius 2 is 2.33 bits per heavy atom. The fraction of sp³-hybridized carbons (Fsp3) is 0.333. The van der Waals surface area contributed by atoms with Crippen LogP contribution in [-0.2, 0) is 6.42 Å². The lowest BCUT2D eigenvalue weighted by atomic mass is 10.1. The Bertz CT molecular complexity index is 336. The molecule has 0 fully saturated rings. The van der Waals surface area contributed by atoms with Crippen molar-refractivity contribution in [2.45, 2.75) is 13.3 Å². The topological polar surface area (TPSA) is 32.3 Å². The number of hydrogen-bond acceptors (Lipinski definition) is 2. The van der Waals surface area contributed by atoms with E-state index in [1.807, 2.05) is 13.0 Å². The monoisotopic (exact) mass is 183 g/mol. The maximum Gasteiger partial charge on any atom is 0.139 e. The van der Waals surface area contributed by atoms with Crippen molar-refractivity contribution in [3.05, 3.63) is 22.2 Å². The third-order valence-electron chi connectivity index (χ3n) is 2.22. The van der Waals surface area contributed by atoms with Crippen molar-refractivity contribution >= 4 is 17.3 Å². The SMILES string of the molecule is Cc1cc2c(c(O)c1Cl)CCN2. The maximum absolute atomic E-state index is 9.63. The molecule has 0 atom stereocenters. The van der Waals surface area contributed by atoms with Gasteiger partial charge in [0, 0.05) is 17.8 Å². The van der Waals surface area contributed by atoms with E-state index in [9.17, 15) is 5.11 Å². The van der Waals surface area contributed by atoms with E-state index in [1.165, 1.54) is 0 Å². The highest BCUT2D eigenvalue weighted by Gasteiger charge is 2.17. The fourth-order valence-electron chi connectivity index (χ4n) is 1.55. The van der Waals surface area contributed by atoms with Crippen LogP contribution in [0.15, 0.2) is 6.07 Å². The lowest BCUT2D eigenvalue weighted by molar-refractivity contribution is 0.470. The number of anilines is 1. The molecular formula is C9H10ClNO. The second-order valence-corrected chi connectivity index (χ2v) is 3.44. The molecule has 1 aromatic rings. The van der Waals surface area contributed by atoms with E-state index in [1.54, 1.807) is 0 Å². The van der Waals surface area contributed by atoms with Crippen molar-refractivity contribution in [1.82, 2.24) is 0 Å². The Kier molecular flexibility index (Phi) is 1.65. The Balaban J connectivity index is 2.67. The van der Waals surface area contributed by atoms with Gasteiger partial charge < -0.3 is 10.4 Å². The molecule has 0 saturated carbocycles. The van der Waals surface area contributed by atoms with Gasteiger partial charge in [0.15, 0.2) is 0 Å². The molecule has 12 heavy (non-hydrogen) atoms. The molecule has 1 heterocycles. The van der Waals surface area contributed by atoms with Crippen LogP contribution in [-0.4, -0.2) is 11.7 Å². The molecule has 0 aliphatic carbocycles. The van der Waals surface area contributed by atoms with Gasteiger partial charge in [0.25, 0.3) is 0 Å². The minimum Gasteiger partial charge on any atom is -0.506 e. The molecule has 1 aliphatic rings. The first-order valence-electron chi connectivity index (χ1n) is 3.95. The molecule has 0 amide bonds. The highest BCUT2D eigenvalue weighted by molar-refractivity contribution is 6.33. The van der Waals surface area contributed by atoms with Gasteiger partial charge in [0.05, 0.1) is 5.02 Å². The number of fused-ring (bicyclic) bond motifs is 1. The maximum atomic E-state index is 9.63. The van der Waals surface area contributed by atoms with Crippen molar-refractivity contribution in [1.29, 1.82) is 0 Å². The summed E-state index contributed by atoms with van der Waals surface area (Å²) in [6.07, 6.45) is 0.862. The summed E-state index contributed by atoms with van der Waals surface area (Å²) in [5, 5.41) is 13.3. The molecule has 2 rings (SSSR count). The molecule has 0 aromatic heterocycles. The molecule has 0 saturated heterocycles. The summed E-state index contributed by atoms with van der Waals surface area (Å²) >= 11 is 5.88. The van der Waals surface area contributed by atoms with Crippen LogP contribution in [0.3, 0.4) is 0 Å². The van der Waals surface area contributed by atoms with E-state index >= 15 is 0 Å². The number of phenolic OH excluding ortho intramolecular Hbond substituents is 1. The van der Waals surface area contributed by atoms with E-state index < -0.39 is 0 Å². The number of phenols is 1. The summed E-state index contributed by atoms with van der Waals surface area (Å²) < 4.78 is 0. The van der Waals surface area contributed by atoms with Gasteiger partial charge in [-0.2, -0.15) is 0 Å². The van der Waals surface area contributed by atoms with E-state index in [-0.39, 0.29) is 5.75 Å². The minimum absolute atomic E-state index is 0.247. The first-order valence-corrected chi connectivity index (χ1v) is 4.33. The van der Waals surface area contributed by atoms with E-state index in [0.717, 1.165) is 29.8 Å². The van der Waals surface area contributed by atoms with Crippen LogP contribution in [0.1, 0.15) is 11.1 Å². The van der Waals surface area contributed by atoms with E-state index in [4.69, 9.17) is 11.6 Å². The molecule has 2 nitrogen and oxygen atoms in total. The predicted octanol–water partition coefficient (Wildman–Crippen LogP) is 2.32. The van der Waals surface area contributed by atoms with Crippen molar-refractivity contribution in [2.75, 3.05) is 11.9 Å². The predicted molar refractivity (Wildman–Crippen MR) is 50.0 cm³/mol. The van der Waals surface area contributed by atoms with Crippen LogP contribution >= 0.6 is 11.6 Å². The Hall–Kier alpha value is -0.890. The lowest BCUT2D eigenvalue weighted by Gasteiger charge is -2.06. The molecule has 0 radical (unpaired) electrons. The lowest BCUT2D eigenvalue weighted by Crippen LogP contribution is -1.90. The zero-order valence-corrected chi connectivity index (χ0v) is 7.57. The number of aryl methyl sites for hydroxylation is 1. The quantitative estimate of drug-likeness (QED) is 0.647. The molecule has 1 aromatic carbocycles. The molecule has 0 unspecified atom stereocenters. The third kappa shape index (κ3) is 0.950. The molecule has 0 bridgehead atoms. The summed E-state index contributed by atoms with van der Waals surface area (Å²) in [6, 6.07) is 1.98. The zero-order valence-electron chi connectivity index (χ0n) is 6.82. The van der Waals surface area contributed by atoms with Crippen molar-refractivity contribution in [3.8, 4) is 5.75 Å². The van der Waals surface area contributed by atoms with Gasteiger partial charge in [0.2, 0.25) is 0 Å². The third-order valence-corrected chi connectivity index (χ3v) is 2.69. The highest BCUT2D eigenvalue weighted by atomic mass is 35.5. The van der Waals surface area contributed by atoms with Gasteiger partial charge in [-0.3, -0.25) is 0 Å². The molecule has 2 N–H and O–H groups in total. The highest BCUT2D eigenvalue weighted by Crippen LogP contribution is 2.38. The van der Waals surface area contributed by atoms with Gasteiger partial charge in [-0.1, -0.05) is 11.6 Å². The molecule has 3 heteroatoms. The number of nitrogens with one attached hydrogen (secondary N) is 1.